The third kappa shape index (κ3) is 2.65. The summed E-state index contributed by atoms with van der Waals surface area (Å²) in [4.78, 5) is 0. The SMILES string of the molecule is COCOc1c(B2OC(C)(C)C(C)(C)O2)c(C)cc2occc12. The molecule has 124 valence electrons. The van der Waals surface area contributed by atoms with Crippen LogP contribution in [0.4, 0.5) is 0 Å². The number of hydrogen-bond donors (Lipinski definition) is 0. The van der Waals surface area contributed by atoms with Gasteiger partial charge < -0.3 is 23.2 Å². The highest BCUT2D eigenvalue weighted by Crippen LogP contribution is 2.38. The molecule has 0 spiro atoms. The van der Waals surface area contributed by atoms with Crippen molar-refractivity contribution in [3.63, 3.8) is 0 Å². The lowest BCUT2D eigenvalue weighted by atomic mass is 9.75. The Balaban J connectivity index is 2.11. The van der Waals surface area contributed by atoms with Crippen LogP contribution in [0.15, 0.2) is 22.8 Å². The van der Waals surface area contributed by atoms with Crippen LogP contribution in [0, 0.1) is 6.92 Å². The van der Waals surface area contributed by atoms with Crippen molar-refractivity contribution in [2.75, 3.05) is 13.9 Å². The smallest absolute Gasteiger partial charge is 0.467 e. The van der Waals surface area contributed by atoms with Gasteiger partial charge in [-0.1, -0.05) is 0 Å². The molecule has 2 heterocycles. The number of hydrogen-bond acceptors (Lipinski definition) is 5. The monoisotopic (exact) mass is 318 g/mol. The minimum absolute atomic E-state index is 0.149. The summed E-state index contributed by atoms with van der Waals surface area (Å²) in [5.41, 5.74) is 1.84. The second kappa shape index (κ2) is 5.55. The van der Waals surface area contributed by atoms with Crippen LogP contribution in [0.2, 0.25) is 0 Å². The third-order valence-electron chi connectivity index (χ3n) is 4.77. The molecule has 23 heavy (non-hydrogen) atoms. The van der Waals surface area contributed by atoms with Crippen LogP contribution in [-0.2, 0) is 14.0 Å². The van der Waals surface area contributed by atoms with E-state index in [4.69, 9.17) is 23.2 Å². The number of furan rings is 1. The number of fused-ring (bicyclic) bond motifs is 1. The van der Waals surface area contributed by atoms with Crippen LogP contribution in [0.3, 0.4) is 0 Å². The van der Waals surface area contributed by atoms with Crippen LogP contribution < -0.4 is 10.2 Å². The minimum atomic E-state index is -0.494. The van der Waals surface area contributed by atoms with E-state index in [1.807, 2.05) is 46.8 Å². The van der Waals surface area contributed by atoms with Gasteiger partial charge in [0, 0.05) is 12.6 Å². The summed E-state index contributed by atoms with van der Waals surface area (Å²) in [5, 5.41) is 0.886. The molecule has 0 unspecified atom stereocenters. The molecular weight excluding hydrogens is 295 g/mol. The molecule has 1 aliphatic heterocycles. The van der Waals surface area contributed by atoms with E-state index < -0.39 is 18.3 Å². The molecule has 1 saturated heterocycles. The zero-order valence-electron chi connectivity index (χ0n) is 14.6. The van der Waals surface area contributed by atoms with E-state index in [0.717, 1.165) is 22.0 Å². The summed E-state index contributed by atoms with van der Waals surface area (Å²) in [6.07, 6.45) is 1.65. The van der Waals surface area contributed by atoms with Crippen molar-refractivity contribution in [3.05, 3.63) is 24.0 Å². The Morgan fingerprint density at radius 2 is 1.78 bits per heavy atom. The number of benzene rings is 1. The number of ether oxygens (including phenoxy) is 2. The highest BCUT2D eigenvalue weighted by molar-refractivity contribution is 6.64. The molecule has 0 aliphatic carbocycles. The first-order valence-electron chi connectivity index (χ1n) is 7.75. The highest BCUT2D eigenvalue weighted by atomic mass is 16.7. The number of methoxy groups -OCH3 is 1. The maximum atomic E-state index is 6.20. The van der Waals surface area contributed by atoms with Crippen molar-refractivity contribution in [1.29, 1.82) is 0 Å². The van der Waals surface area contributed by atoms with E-state index >= 15 is 0 Å². The van der Waals surface area contributed by atoms with Gasteiger partial charge >= 0.3 is 7.12 Å². The van der Waals surface area contributed by atoms with Gasteiger partial charge in [-0.2, -0.15) is 0 Å². The molecule has 1 aliphatic rings. The average Bonchev–Trinajstić information content (AvgIpc) is 2.97. The molecule has 1 aromatic carbocycles. The van der Waals surface area contributed by atoms with Gasteiger partial charge in [-0.15, -0.1) is 0 Å². The molecular formula is C17H23BO5. The van der Waals surface area contributed by atoms with Crippen LogP contribution >= 0.6 is 0 Å². The topological polar surface area (TPSA) is 50.1 Å². The number of rotatable bonds is 4. The van der Waals surface area contributed by atoms with Crippen molar-refractivity contribution in [2.24, 2.45) is 0 Å². The van der Waals surface area contributed by atoms with E-state index in [-0.39, 0.29) is 6.79 Å². The second-order valence-electron chi connectivity index (χ2n) is 6.91. The summed E-state index contributed by atoms with van der Waals surface area (Å²) in [7, 11) is 1.10. The van der Waals surface area contributed by atoms with Crippen LogP contribution in [0.25, 0.3) is 11.0 Å². The van der Waals surface area contributed by atoms with E-state index in [1.165, 1.54) is 0 Å². The zero-order valence-corrected chi connectivity index (χ0v) is 14.6. The van der Waals surface area contributed by atoms with E-state index in [1.54, 1.807) is 13.4 Å². The largest absolute Gasteiger partial charge is 0.498 e. The van der Waals surface area contributed by atoms with Crippen molar-refractivity contribution in [2.45, 2.75) is 45.8 Å². The van der Waals surface area contributed by atoms with Crippen LogP contribution in [0.5, 0.6) is 5.75 Å². The van der Waals surface area contributed by atoms with Crippen LogP contribution in [-0.4, -0.2) is 32.2 Å². The van der Waals surface area contributed by atoms with Crippen molar-refractivity contribution < 1.29 is 23.2 Å². The second-order valence-corrected chi connectivity index (χ2v) is 6.91. The Morgan fingerprint density at radius 1 is 1.13 bits per heavy atom. The lowest BCUT2D eigenvalue weighted by Gasteiger charge is -2.32. The van der Waals surface area contributed by atoms with Crippen molar-refractivity contribution in [1.82, 2.24) is 0 Å². The molecule has 1 aromatic heterocycles. The van der Waals surface area contributed by atoms with Crippen LogP contribution in [0.1, 0.15) is 33.3 Å². The van der Waals surface area contributed by atoms with Gasteiger partial charge in [0.15, 0.2) is 6.79 Å². The van der Waals surface area contributed by atoms with Gasteiger partial charge in [-0.3, -0.25) is 0 Å². The van der Waals surface area contributed by atoms with Gasteiger partial charge in [-0.05, 0) is 52.3 Å². The van der Waals surface area contributed by atoms with E-state index in [9.17, 15) is 0 Å². The molecule has 5 nitrogen and oxygen atoms in total. The maximum Gasteiger partial charge on any atom is 0.498 e. The molecule has 0 bridgehead atoms. The molecule has 0 radical (unpaired) electrons. The predicted molar refractivity (Wildman–Crippen MR) is 89.2 cm³/mol. The highest BCUT2D eigenvalue weighted by Gasteiger charge is 2.53. The molecule has 0 amide bonds. The van der Waals surface area contributed by atoms with Gasteiger partial charge in [0.1, 0.15) is 11.3 Å². The molecule has 2 aromatic rings. The molecule has 0 saturated carbocycles. The molecule has 6 heteroatoms. The van der Waals surface area contributed by atoms with E-state index in [0.29, 0.717) is 5.75 Å². The van der Waals surface area contributed by atoms with Gasteiger partial charge in [0.2, 0.25) is 0 Å². The fourth-order valence-electron chi connectivity index (χ4n) is 2.75. The van der Waals surface area contributed by atoms with Gasteiger partial charge in [0.05, 0.1) is 22.9 Å². The lowest BCUT2D eigenvalue weighted by Crippen LogP contribution is -2.41. The Kier molecular flexibility index (Phi) is 3.95. The maximum absolute atomic E-state index is 6.20. The van der Waals surface area contributed by atoms with Crippen molar-refractivity contribution >= 4 is 23.6 Å². The lowest BCUT2D eigenvalue weighted by molar-refractivity contribution is 0.00578. The Labute approximate surface area is 137 Å². The third-order valence-corrected chi connectivity index (χ3v) is 4.77. The molecule has 0 N–H and O–H groups in total. The molecule has 3 rings (SSSR count). The summed E-state index contributed by atoms with van der Waals surface area (Å²) < 4.78 is 28.8. The average molecular weight is 318 g/mol. The Hall–Kier alpha value is -1.50. The molecule has 0 atom stereocenters. The summed E-state index contributed by atoms with van der Waals surface area (Å²) in [5.74, 6) is 0.689. The normalized spacial score (nSPS) is 19.5. The summed E-state index contributed by atoms with van der Waals surface area (Å²) >= 11 is 0. The predicted octanol–water partition coefficient (Wildman–Crippen LogP) is 3.02. The Morgan fingerprint density at radius 3 is 2.39 bits per heavy atom. The van der Waals surface area contributed by atoms with Crippen molar-refractivity contribution in [3.8, 4) is 5.75 Å². The standard InChI is InChI=1S/C17H23BO5/c1-11-9-13-12(7-8-20-13)15(21-10-19-6)14(11)18-22-16(2,3)17(4,5)23-18/h7-9H,10H2,1-6H3. The van der Waals surface area contributed by atoms with Gasteiger partial charge in [-0.25, -0.2) is 0 Å². The number of aryl methyl sites for hydroxylation is 1. The fourth-order valence-corrected chi connectivity index (χ4v) is 2.75. The first kappa shape index (κ1) is 16.4. The van der Waals surface area contributed by atoms with E-state index in [2.05, 4.69) is 0 Å². The first-order chi connectivity index (χ1) is 10.8. The molecule has 1 fully saturated rings. The summed E-state index contributed by atoms with van der Waals surface area (Å²) in [6, 6.07) is 3.86. The zero-order chi connectivity index (χ0) is 16.8. The first-order valence-corrected chi connectivity index (χ1v) is 7.75. The quantitative estimate of drug-likeness (QED) is 0.641. The van der Waals surface area contributed by atoms with Gasteiger partial charge in [0.25, 0.3) is 0 Å². The Bertz CT molecular complexity index is 703. The summed E-state index contributed by atoms with van der Waals surface area (Å²) in [6.45, 7) is 10.3. The minimum Gasteiger partial charge on any atom is -0.467 e. The fraction of sp³-hybridized carbons (Fsp3) is 0.529.